The molecular weight excluding hydrogens is 452 g/mol. The first kappa shape index (κ1) is 22.2. The van der Waals surface area contributed by atoms with Crippen LogP contribution in [0, 0.1) is 17.0 Å². The Kier molecular flexibility index (Phi) is 5.18. The number of nitrogens with one attached hydrogen (secondary N) is 1. The number of carboxylic acid groups (broad SMARTS) is 1. The van der Waals surface area contributed by atoms with Crippen LogP contribution < -0.4 is 0 Å². The summed E-state index contributed by atoms with van der Waals surface area (Å²) in [5, 5.41) is 19.1. The first-order chi connectivity index (χ1) is 16.9. The standard InChI is InChI=1S/C27H27F2N3O3/c1-27(26(33)34)7-4-16(13-27)24-19-12-22-17(14-30-31-22)10-23(19)32(18-2-3-20(28)21(29)11-18)25(24)15-5-8-35-9-6-15/h2-3,10-12,14-16H,4-9,13H2,1H3,(H,30,31)(H,33,34)/t16-,27-/m1/s1. The number of benzene rings is 2. The molecule has 0 spiro atoms. The third kappa shape index (κ3) is 3.54. The summed E-state index contributed by atoms with van der Waals surface area (Å²) in [5.74, 6) is -2.35. The van der Waals surface area contributed by atoms with Gasteiger partial charge in [-0.3, -0.25) is 9.89 Å². The van der Waals surface area contributed by atoms with Crippen molar-refractivity contribution >= 4 is 27.8 Å². The Labute approximate surface area is 200 Å². The molecule has 2 aromatic heterocycles. The summed E-state index contributed by atoms with van der Waals surface area (Å²) in [6.45, 7) is 3.09. The fourth-order valence-corrected chi connectivity index (χ4v) is 6.15. The van der Waals surface area contributed by atoms with Crippen molar-refractivity contribution in [3.8, 4) is 5.69 Å². The zero-order valence-electron chi connectivity index (χ0n) is 19.5. The monoisotopic (exact) mass is 479 g/mol. The lowest BCUT2D eigenvalue weighted by molar-refractivity contribution is -0.147. The van der Waals surface area contributed by atoms with E-state index in [9.17, 15) is 18.7 Å². The van der Waals surface area contributed by atoms with Gasteiger partial charge < -0.3 is 14.4 Å². The number of aromatic amines is 1. The molecule has 35 heavy (non-hydrogen) atoms. The molecule has 2 aliphatic rings. The Morgan fingerprint density at radius 3 is 2.66 bits per heavy atom. The highest BCUT2D eigenvalue weighted by Crippen LogP contribution is 2.52. The van der Waals surface area contributed by atoms with Gasteiger partial charge in [-0.05, 0) is 74.8 Å². The van der Waals surface area contributed by atoms with E-state index < -0.39 is 23.0 Å². The van der Waals surface area contributed by atoms with Crippen LogP contribution in [0.15, 0.2) is 36.5 Å². The van der Waals surface area contributed by atoms with Crippen LogP contribution in [0.5, 0.6) is 0 Å². The summed E-state index contributed by atoms with van der Waals surface area (Å²) in [6, 6.07) is 8.13. The van der Waals surface area contributed by atoms with Gasteiger partial charge in [0.15, 0.2) is 11.6 Å². The summed E-state index contributed by atoms with van der Waals surface area (Å²) in [5.41, 5.74) is 3.74. The zero-order chi connectivity index (χ0) is 24.3. The van der Waals surface area contributed by atoms with E-state index in [2.05, 4.69) is 20.8 Å². The van der Waals surface area contributed by atoms with Gasteiger partial charge in [0.25, 0.3) is 0 Å². The molecular formula is C27H27F2N3O3. The molecule has 1 aliphatic heterocycles. The molecule has 182 valence electrons. The van der Waals surface area contributed by atoms with E-state index in [-0.39, 0.29) is 11.8 Å². The highest BCUT2D eigenvalue weighted by atomic mass is 19.2. The van der Waals surface area contributed by atoms with Crippen molar-refractivity contribution in [1.82, 2.24) is 14.8 Å². The number of rotatable bonds is 4. The van der Waals surface area contributed by atoms with E-state index in [1.54, 1.807) is 12.3 Å². The number of fused-ring (bicyclic) bond motifs is 2. The van der Waals surface area contributed by atoms with E-state index >= 15 is 0 Å². The van der Waals surface area contributed by atoms with Gasteiger partial charge in [-0.25, -0.2) is 8.78 Å². The number of hydrogen-bond donors (Lipinski definition) is 2. The summed E-state index contributed by atoms with van der Waals surface area (Å²) in [6.07, 6.45) is 5.28. The van der Waals surface area contributed by atoms with Crippen LogP contribution in [0.2, 0.25) is 0 Å². The number of carbonyl (C=O) groups is 1. The van der Waals surface area contributed by atoms with Crippen molar-refractivity contribution in [2.75, 3.05) is 13.2 Å². The molecule has 0 radical (unpaired) electrons. The number of hydrogen-bond acceptors (Lipinski definition) is 3. The van der Waals surface area contributed by atoms with Crippen LogP contribution in [0.25, 0.3) is 27.5 Å². The van der Waals surface area contributed by atoms with Crippen molar-refractivity contribution in [3.05, 3.63) is 59.4 Å². The normalized spacial score (nSPS) is 23.5. The Hall–Kier alpha value is -3.26. The summed E-state index contributed by atoms with van der Waals surface area (Å²) >= 11 is 0. The van der Waals surface area contributed by atoms with Crippen LogP contribution in [0.4, 0.5) is 8.78 Å². The molecule has 6 nitrogen and oxygen atoms in total. The van der Waals surface area contributed by atoms with Crippen LogP contribution in [-0.4, -0.2) is 39.1 Å². The molecule has 2 atom stereocenters. The molecule has 0 bridgehead atoms. The lowest BCUT2D eigenvalue weighted by Gasteiger charge is -2.27. The van der Waals surface area contributed by atoms with Crippen LogP contribution >= 0.6 is 0 Å². The summed E-state index contributed by atoms with van der Waals surface area (Å²) in [7, 11) is 0. The number of nitrogens with zero attached hydrogens (tertiary/aromatic N) is 2. The second-order valence-electron chi connectivity index (χ2n) is 10.3. The van der Waals surface area contributed by atoms with Gasteiger partial charge in [-0.2, -0.15) is 5.10 Å². The molecule has 0 unspecified atom stereocenters. The first-order valence-corrected chi connectivity index (χ1v) is 12.1. The number of carboxylic acids is 1. The predicted octanol–water partition coefficient (Wildman–Crippen LogP) is 6.04. The van der Waals surface area contributed by atoms with Crippen molar-refractivity contribution in [2.45, 2.75) is 50.9 Å². The van der Waals surface area contributed by atoms with E-state index in [0.29, 0.717) is 31.7 Å². The maximum Gasteiger partial charge on any atom is 0.309 e. The third-order valence-corrected chi connectivity index (χ3v) is 8.04. The fraction of sp³-hybridized carbons (Fsp3) is 0.407. The topological polar surface area (TPSA) is 80.1 Å². The molecule has 1 saturated carbocycles. The van der Waals surface area contributed by atoms with Crippen molar-refractivity contribution in [2.24, 2.45) is 5.41 Å². The maximum atomic E-state index is 14.5. The average Bonchev–Trinajstić information content (AvgIpc) is 3.55. The number of H-pyrrole nitrogens is 1. The molecule has 4 aromatic rings. The molecule has 0 amide bonds. The predicted molar refractivity (Wildman–Crippen MR) is 128 cm³/mol. The molecule has 1 saturated heterocycles. The van der Waals surface area contributed by atoms with Gasteiger partial charge in [0.05, 0.1) is 22.6 Å². The van der Waals surface area contributed by atoms with E-state index in [0.717, 1.165) is 58.4 Å². The van der Waals surface area contributed by atoms with E-state index in [4.69, 9.17) is 4.74 Å². The highest BCUT2D eigenvalue weighted by Gasteiger charge is 2.44. The Morgan fingerprint density at radius 2 is 1.94 bits per heavy atom. The zero-order valence-corrected chi connectivity index (χ0v) is 19.5. The van der Waals surface area contributed by atoms with Crippen LogP contribution in [0.3, 0.4) is 0 Å². The molecule has 1 aliphatic carbocycles. The van der Waals surface area contributed by atoms with Gasteiger partial charge >= 0.3 is 5.97 Å². The smallest absolute Gasteiger partial charge is 0.309 e. The van der Waals surface area contributed by atoms with Gasteiger partial charge in [-0.15, -0.1) is 0 Å². The quantitative estimate of drug-likeness (QED) is 0.374. The number of aromatic nitrogens is 3. The van der Waals surface area contributed by atoms with E-state index in [1.807, 2.05) is 13.0 Å². The van der Waals surface area contributed by atoms with Crippen LogP contribution in [-0.2, 0) is 9.53 Å². The second-order valence-corrected chi connectivity index (χ2v) is 10.3. The van der Waals surface area contributed by atoms with Gasteiger partial charge in [0, 0.05) is 47.4 Å². The largest absolute Gasteiger partial charge is 0.481 e. The minimum absolute atomic E-state index is 0.0448. The van der Waals surface area contributed by atoms with Crippen LogP contribution in [0.1, 0.15) is 62.1 Å². The minimum atomic E-state index is -0.896. The third-order valence-electron chi connectivity index (χ3n) is 8.04. The number of ether oxygens (including phenoxy) is 1. The first-order valence-electron chi connectivity index (χ1n) is 12.1. The molecule has 3 heterocycles. The summed E-state index contributed by atoms with van der Waals surface area (Å²) < 4.78 is 36.1. The SMILES string of the molecule is C[C@@]1(C(=O)O)CC[C@@H](c2c(C3CCOCC3)n(-c3ccc(F)c(F)c3)c3cc4cn[nH]c4cc23)C1. The summed E-state index contributed by atoms with van der Waals surface area (Å²) in [4.78, 5) is 12.1. The second kappa shape index (κ2) is 8.16. The number of aliphatic carboxylic acids is 1. The molecule has 2 N–H and O–H groups in total. The minimum Gasteiger partial charge on any atom is -0.481 e. The Morgan fingerprint density at radius 1 is 1.14 bits per heavy atom. The van der Waals surface area contributed by atoms with Crippen molar-refractivity contribution < 1.29 is 23.4 Å². The highest BCUT2D eigenvalue weighted by molar-refractivity contribution is 5.99. The van der Waals surface area contributed by atoms with Gasteiger partial charge in [0.1, 0.15) is 0 Å². The lowest BCUT2D eigenvalue weighted by atomic mass is 9.83. The maximum absolute atomic E-state index is 14.5. The average molecular weight is 480 g/mol. The molecule has 2 aromatic carbocycles. The molecule has 8 heteroatoms. The number of halogens is 2. The molecule has 6 rings (SSSR count). The van der Waals surface area contributed by atoms with Gasteiger partial charge in [-0.1, -0.05) is 0 Å². The van der Waals surface area contributed by atoms with Crippen molar-refractivity contribution in [3.63, 3.8) is 0 Å². The lowest BCUT2D eigenvalue weighted by Crippen LogP contribution is -2.24. The Bertz CT molecular complexity index is 1450. The fourth-order valence-electron chi connectivity index (χ4n) is 6.15. The molecule has 2 fully saturated rings. The van der Waals surface area contributed by atoms with Gasteiger partial charge in [0.2, 0.25) is 0 Å². The van der Waals surface area contributed by atoms with Crippen molar-refractivity contribution in [1.29, 1.82) is 0 Å². The Balaban J connectivity index is 1.67. The van der Waals surface area contributed by atoms with E-state index in [1.165, 1.54) is 6.07 Å².